The SMILES string of the molecule is COC1CO[C@H](C(=O)O)CN(C(=O)OC(C)(C)C)C1. The molecule has 1 rings (SSSR count). The van der Waals surface area contributed by atoms with Crippen LogP contribution < -0.4 is 0 Å². The van der Waals surface area contributed by atoms with Crippen molar-refractivity contribution < 1.29 is 28.9 Å². The van der Waals surface area contributed by atoms with Crippen molar-refractivity contribution in [1.29, 1.82) is 0 Å². The maximum Gasteiger partial charge on any atom is 0.410 e. The number of hydrogen-bond acceptors (Lipinski definition) is 5. The summed E-state index contributed by atoms with van der Waals surface area (Å²) < 4.78 is 15.6. The number of hydrogen-bond donors (Lipinski definition) is 1. The summed E-state index contributed by atoms with van der Waals surface area (Å²) in [4.78, 5) is 24.3. The van der Waals surface area contributed by atoms with E-state index < -0.39 is 23.8 Å². The highest BCUT2D eigenvalue weighted by Gasteiger charge is 2.33. The molecule has 110 valence electrons. The molecule has 0 bridgehead atoms. The van der Waals surface area contributed by atoms with E-state index >= 15 is 0 Å². The quantitative estimate of drug-likeness (QED) is 0.799. The van der Waals surface area contributed by atoms with Gasteiger partial charge in [0.25, 0.3) is 0 Å². The van der Waals surface area contributed by atoms with Crippen molar-refractivity contribution in [3.8, 4) is 0 Å². The lowest BCUT2D eigenvalue weighted by Gasteiger charge is -2.28. The van der Waals surface area contributed by atoms with E-state index in [4.69, 9.17) is 19.3 Å². The molecule has 1 saturated heterocycles. The van der Waals surface area contributed by atoms with E-state index in [1.165, 1.54) is 12.0 Å². The third-order valence-corrected chi connectivity index (χ3v) is 2.55. The van der Waals surface area contributed by atoms with Crippen LogP contribution in [0.25, 0.3) is 0 Å². The molecule has 2 atom stereocenters. The van der Waals surface area contributed by atoms with Crippen molar-refractivity contribution in [3.63, 3.8) is 0 Å². The number of amides is 1. The maximum atomic E-state index is 12.0. The van der Waals surface area contributed by atoms with Gasteiger partial charge < -0.3 is 24.2 Å². The van der Waals surface area contributed by atoms with Crippen LogP contribution in [0.2, 0.25) is 0 Å². The Hall–Kier alpha value is -1.34. The fourth-order valence-electron chi connectivity index (χ4n) is 1.62. The molecule has 1 aliphatic heterocycles. The molecule has 0 saturated carbocycles. The average Bonchev–Trinajstić information content (AvgIpc) is 2.48. The highest BCUT2D eigenvalue weighted by Crippen LogP contribution is 2.14. The van der Waals surface area contributed by atoms with Crippen LogP contribution in [-0.2, 0) is 19.0 Å². The molecule has 1 N–H and O–H groups in total. The number of carbonyl (C=O) groups is 2. The number of carbonyl (C=O) groups excluding carboxylic acids is 1. The topological polar surface area (TPSA) is 85.3 Å². The number of methoxy groups -OCH3 is 1. The van der Waals surface area contributed by atoms with Crippen molar-refractivity contribution in [3.05, 3.63) is 0 Å². The van der Waals surface area contributed by atoms with Gasteiger partial charge in [-0.1, -0.05) is 0 Å². The summed E-state index contributed by atoms with van der Waals surface area (Å²) >= 11 is 0. The number of aliphatic carboxylic acids is 1. The van der Waals surface area contributed by atoms with E-state index in [1.807, 2.05) is 0 Å². The molecule has 1 fully saturated rings. The largest absolute Gasteiger partial charge is 0.479 e. The van der Waals surface area contributed by atoms with E-state index in [9.17, 15) is 9.59 Å². The van der Waals surface area contributed by atoms with Gasteiger partial charge in [-0.15, -0.1) is 0 Å². The lowest BCUT2D eigenvalue weighted by Crippen LogP contribution is -2.44. The fourth-order valence-corrected chi connectivity index (χ4v) is 1.62. The van der Waals surface area contributed by atoms with Gasteiger partial charge in [0, 0.05) is 7.11 Å². The number of rotatable bonds is 2. The van der Waals surface area contributed by atoms with Crippen molar-refractivity contribution >= 4 is 12.1 Å². The first-order chi connectivity index (χ1) is 8.73. The molecule has 0 radical (unpaired) electrons. The van der Waals surface area contributed by atoms with Crippen molar-refractivity contribution in [2.45, 2.75) is 38.6 Å². The summed E-state index contributed by atoms with van der Waals surface area (Å²) in [7, 11) is 1.49. The monoisotopic (exact) mass is 275 g/mol. The van der Waals surface area contributed by atoms with E-state index in [0.29, 0.717) is 0 Å². The molecule has 7 nitrogen and oxygen atoms in total. The van der Waals surface area contributed by atoms with Crippen LogP contribution >= 0.6 is 0 Å². The van der Waals surface area contributed by atoms with Gasteiger partial charge in [0.2, 0.25) is 0 Å². The van der Waals surface area contributed by atoms with E-state index in [1.54, 1.807) is 20.8 Å². The van der Waals surface area contributed by atoms with Gasteiger partial charge in [-0.05, 0) is 20.8 Å². The average molecular weight is 275 g/mol. The minimum Gasteiger partial charge on any atom is -0.479 e. The molecule has 19 heavy (non-hydrogen) atoms. The van der Waals surface area contributed by atoms with Crippen LogP contribution in [0, 0.1) is 0 Å². The Bertz CT molecular complexity index is 338. The Labute approximate surface area is 112 Å². The first-order valence-electron chi connectivity index (χ1n) is 6.08. The maximum absolute atomic E-state index is 12.0. The molecule has 0 aromatic rings. The van der Waals surface area contributed by atoms with Crippen LogP contribution in [-0.4, -0.2) is 66.7 Å². The Balaban J connectivity index is 2.76. The van der Waals surface area contributed by atoms with E-state index in [2.05, 4.69) is 0 Å². The van der Waals surface area contributed by atoms with Gasteiger partial charge >= 0.3 is 12.1 Å². The third kappa shape index (κ3) is 5.04. The summed E-state index contributed by atoms with van der Waals surface area (Å²) in [6, 6.07) is 0. The second kappa shape index (κ2) is 6.21. The van der Waals surface area contributed by atoms with Gasteiger partial charge in [0.1, 0.15) is 5.60 Å². The zero-order valence-corrected chi connectivity index (χ0v) is 11.7. The summed E-state index contributed by atoms with van der Waals surface area (Å²) in [5.74, 6) is -1.11. The predicted molar refractivity (Wildman–Crippen MR) is 66.0 cm³/mol. The van der Waals surface area contributed by atoms with E-state index in [-0.39, 0.29) is 25.8 Å². The van der Waals surface area contributed by atoms with Crippen LogP contribution in [0.1, 0.15) is 20.8 Å². The molecule has 1 heterocycles. The first-order valence-corrected chi connectivity index (χ1v) is 6.08. The number of nitrogens with zero attached hydrogens (tertiary/aromatic N) is 1. The first kappa shape index (κ1) is 15.7. The molecule has 1 amide bonds. The Morgan fingerprint density at radius 3 is 2.42 bits per heavy atom. The molecular weight excluding hydrogens is 254 g/mol. The highest BCUT2D eigenvalue weighted by atomic mass is 16.6. The molecule has 0 aromatic heterocycles. The standard InChI is InChI=1S/C12H21NO6/c1-12(2,3)19-11(16)13-5-8(17-4)7-18-9(6-13)10(14)15/h8-9H,5-7H2,1-4H3,(H,14,15)/t8?,9-/m0/s1. The van der Waals surface area contributed by atoms with Gasteiger partial charge in [0.15, 0.2) is 6.10 Å². The van der Waals surface area contributed by atoms with Crippen LogP contribution in [0.15, 0.2) is 0 Å². The Morgan fingerprint density at radius 1 is 1.32 bits per heavy atom. The molecule has 1 unspecified atom stereocenters. The molecule has 0 aliphatic carbocycles. The Kier molecular flexibility index (Phi) is 5.13. The summed E-state index contributed by atoms with van der Waals surface area (Å²) in [5, 5.41) is 9.01. The lowest BCUT2D eigenvalue weighted by molar-refractivity contribution is -0.151. The number of ether oxygens (including phenoxy) is 3. The van der Waals surface area contributed by atoms with Gasteiger partial charge in [-0.2, -0.15) is 0 Å². The van der Waals surface area contributed by atoms with E-state index in [0.717, 1.165) is 0 Å². The smallest absolute Gasteiger partial charge is 0.410 e. The molecule has 7 heteroatoms. The molecule has 0 aromatic carbocycles. The molecule has 1 aliphatic rings. The van der Waals surface area contributed by atoms with Gasteiger partial charge in [0.05, 0.1) is 25.8 Å². The third-order valence-electron chi connectivity index (χ3n) is 2.55. The second-order valence-corrected chi connectivity index (χ2v) is 5.40. The zero-order valence-electron chi connectivity index (χ0n) is 11.7. The summed E-state index contributed by atoms with van der Waals surface area (Å²) in [6.07, 6.45) is -1.99. The van der Waals surface area contributed by atoms with Gasteiger partial charge in [-0.25, -0.2) is 9.59 Å². The van der Waals surface area contributed by atoms with Crippen LogP contribution in [0.4, 0.5) is 4.79 Å². The summed E-state index contributed by atoms with van der Waals surface area (Å²) in [6.45, 7) is 5.58. The Morgan fingerprint density at radius 2 is 1.95 bits per heavy atom. The summed E-state index contributed by atoms with van der Waals surface area (Å²) in [5.41, 5.74) is -0.633. The lowest BCUT2D eigenvalue weighted by atomic mass is 10.2. The van der Waals surface area contributed by atoms with Crippen molar-refractivity contribution in [2.24, 2.45) is 0 Å². The minimum absolute atomic E-state index is 0.0515. The van der Waals surface area contributed by atoms with Gasteiger partial charge in [-0.3, -0.25) is 0 Å². The number of carboxylic acids is 1. The van der Waals surface area contributed by atoms with Crippen LogP contribution in [0.3, 0.4) is 0 Å². The fraction of sp³-hybridized carbons (Fsp3) is 0.833. The minimum atomic E-state index is -1.11. The zero-order chi connectivity index (χ0) is 14.6. The second-order valence-electron chi connectivity index (χ2n) is 5.40. The molecular formula is C12H21NO6. The highest BCUT2D eigenvalue weighted by molar-refractivity contribution is 5.74. The van der Waals surface area contributed by atoms with Crippen molar-refractivity contribution in [1.82, 2.24) is 4.90 Å². The normalized spacial score (nSPS) is 24.7. The number of carboxylic acid groups (broad SMARTS) is 1. The molecule has 0 spiro atoms. The van der Waals surface area contributed by atoms with Crippen molar-refractivity contribution in [2.75, 3.05) is 26.8 Å². The van der Waals surface area contributed by atoms with Crippen LogP contribution in [0.5, 0.6) is 0 Å². The predicted octanol–water partition coefficient (Wildman–Crippen LogP) is 0.722.